The Hall–Kier alpha value is -1.39. The number of unbranched alkanes of at least 4 members (excludes halogenated alkanes) is 5. The number of carboxylic acid groups (broad SMARTS) is 1. The molecule has 22 heavy (non-hydrogen) atoms. The zero-order valence-corrected chi connectivity index (χ0v) is 13.6. The van der Waals surface area contributed by atoms with E-state index in [0.29, 0.717) is 6.42 Å². The summed E-state index contributed by atoms with van der Waals surface area (Å²) in [5.41, 5.74) is 0. The minimum absolute atomic E-state index is 0.162. The lowest BCUT2D eigenvalue weighted by Gasteiger charge is -2.03. The Morgan fingerprint density at radius 2 is 1.73 bits per heavy atom. The lowest BCUT2D eigenvalue weighted by Crippen LogP contribution is -2.21. The lowest BCUT2D eigenvalue weighted by atomic mass is 10.1. The summed E-state index contributed by atoms with van der Waals surface area (Å²) in [6.07, 6.45) is 19.2. The van der Waals surface area contributed by atoms with Crippen LogP contribution in [0.2, 0.25) is 0 Å². The highest BCUT2D eigenvalue weighted by molar-refractivity contribution is 5.63. The van der Waals surface area contributed by atoms with Gasteiger partial charge in [0.15, 0.2) is 0 Å². The van der Waals surface area contributed by atoms with Crippen molar-refractivity contribution in [3.63, 3.8) is 0 Å². The molecule has 0 aromatic heterocycles. The molecule has 0 heterocycles. The predicted molar refractivity (Wildman–Crippen MR) is 87.2 cm³/mol. The average Bonchev–Trinajstić information content (AvgIpc) is 2.50. The van der Waals surface area contributed by atoms with Crippen LogP contribution in [0.4, 0.5) is 0 Å². The van der Waals surface area contributed by atoms with Crippen molar-refractivity contribution in [2.75, 3.05) is 0 Å². The molecule has 0 aliphatic heterocycles. The highest BCUT2D eigenvalue weighted by Crippen LogP contribution is 2.08. The third-order valence-electron chi connectivity index (χ3n) is 3.20. The van der Waals surface area contributed by atoms with Crippen LogP contribution in [0, 0.1) is 0 Å². The van der Waals surface area contributed by atoms with Gasteiger partial charge in [-0.1, -0.05) is 62.6 Å². The van der Waals surface area contributed by atoms with Crippen LogP contribution in [0.15, 0.2) is 36.5 Å². The van der Waals surface area contributed by atoms with Crippen molar-refractivity contribution in [3.05, 3.63) is 36.5 Å². The molecule has 4 heteroatoms. The fourth-order valence-electron chi connectivity index (χ4n) is 1.98. The molecule has 126 valence electrons. The van der Waals surface area contributed by atoms with Gasteiger partial charge in [0.25, 0.3) is 0 Å². The Morgan fingerprint density at radius 1 is 1.05 bits per heavy atom. The highest BCUT2D eigenvalue weighted by Gasteiger charge is 1.97. The maximum atomic E-state index is 10.2. The highest BCUT2D eigenvalue weighted by atomic mass is 17.1. The average molecular weight is 309 g/mol. The summed E-state index contributed by atoms with van der Waals surface area (Å²) in [7, 11) is 0. The van der Waals surface area contributed by atoms with E-state index in [1.165, 1.54) is 0 Å². The van der Waals surface area contributed by atoms with Crippen molar-refractivity contribution in [2.24, 2.45) is 0 Å². The van der Waals surface area contributed by atoms with E-state index < -0.39 is 12.1 Å². The fourth-order valence-corrected chi connectivity index (χ4v) is 1.98. The van der Waals surface area contributed by atoms with Gasteiger partial charge in [0.2, 0.25) is 0 Å². The molecular formula is C18H29O4-. The second-order valence-corrected chi connectivity index (χ2v) is 5.22. The van der Waals surface area contributed by atoms with Gasteiger partial charge in [0.05, 0.1) is 0 Å². The van der Waals surface area contributed by atoms with Gasteiger partial charge in [0.1, 0.15) is 6.10 Å². The number of carboxylic acids is 1. The maximum absolute atomic E-state index is 10.2. The van der Waals surface area contributed by atoms with Gasteiger partial charge in [-0.3, -0.25) is 5.26 Å². The molecule has 0 aliphatic carbocycles. The molecule has 0 spiro atoms. The van der Waals surface area contributed by atoms with Gasteiger partial charge < -0.3 is 9.90 Å². The van der Waals surface area contributed by atoms with E-state index in [-0.39, 0.29) is 6.42 Å². The van der Waals surface area contributed by atoms with E-state index >= 15 is 0 Å². The summed E-state index contributed by atoms with van der Waals surface area (Å²) in [4.78, 5) is 14.6. The summed E-state index contributed by atoms with van der Waals surface area (Å²) < 4.78 is 0. The smallest absolute Gasteiger partial charge is 0.129 e. The van der Waals surface area contributed by atoms with Crippen LogP contribution in [-0.4, -0.2) is 17.3 Å². The molecule has 0 rings (SSSR count). The largest absolute Gasteiger partial charge is 0.550 e. The van der Waals surface area contributed by atoms with Gasteiger partial charge >= 0.3 is 0 Å². The van der Waals surface area contributed by atoms with Crippen LogP contribution < -0.4 is 5.11 Å². The summed E-state index contributed by atoms with van der Waals surface area (Å²) in [6.45, 7) is 2.09. The van der Waals surface area contributed by atoms with Crippen molar-refractivity contribution in [2.45, 2.75) is 70.8 Å². The molecule has 0 aromatic carbocycles. The van der Waals surface area contributed by atoms with Crippen LogP contribution in [0.3, 0.4) is 0 Å². The topological polar surface area (TPSA) is 69.6 Å². The molecule has 0 saturated carbocycles. The van der Waals surface area contributed by atoms with Crippen molar-refractivity contribution in [1.82, 2.24) is 0 Å². The number of carbonyl (C=O) groups excluding carboxylic acids is 1. The van der Waals surface area contributed by atoms with Gasteiger partial charge in [-0.15, -0.1) is 0 Å². The van der Waals surface area contributed by atoms with E-state index in [4.69, 9.17) is 5.26 Å². The Balaban J connectivity index is 3.63. The molecule has 0 amide bonds. The van der Waals surface area contributed by atoms with E-state index in [9.17, 15) is 9.90 Å². The first-order valence-electron chi connectivity index (χ1n) is 8.19. The third-order valence-corrected chi connectivity index (χ3v) is 3.20. The number of allylic oxidation sites excluding steroid dienone is 4. The standard InChI is InChI=1S/C18H30O4/c1-2-3-4-8-11-14-17(22-21)15-12-9-6-5-7-10-13-16-18(19)20/h3-4,11-12,14-15,17,21H,2,5-10,13,16H2,1H3,(H,19,20)/p-1/b4-3-,14-11-,15-12-/t17-/m1/s1. The SMILES string of the molecule is CC/C=C\C/C=C\[C@H](/C=C\CCCCCCCC(=O)[O-])OO. The summed E-state index contributed by atoms with van der Waals surface area (Å²) >= 11 is 0. The lowest BCUT2D eigenvalue weighted by molar-refractivity contribution is -0.305. The van der Waals surface area contributed by atoms with Gasteiger partial charge in [-0.2, -0.15) is 0 Å². The van der Waals surface area contributed by atoms with Gasteiger partial charge in [-0.05, 0) is 38.5 Å². The van der Waals surface area contributed by atoms with E-state index in [2.05, 4.69) is 24.0 Å². The van der Waals surface area contributed by atoms with E-state index in [1.54, 1.807) is 0 Å². The molecule has 0 radical (unpaired) electrons. The number of hydrogen-bond acceptors (Lipinski definition) is 4. The van der Waals surface area contributed by atoms with Crippen LogP contribution in [0.25, 0.3) is 0 Å². The maximum Gasteiger partial charge on any atom is 0.129 e. The quantitative estimate of drug-likeness (QED) is 0.229. The summed E-state index contributed by atoms with van der Waals surface area (Å²) in [6, 6.07) is 0. The zero-order valence-electron chi connectivity index (χ0n) is 13.6. The minimum Gasteiger partial charge on any atom is -0.550 e. The van der Waals surface area contributed by atoms with Crippen molar-refractivity contribution >= 4 is 5.97 Å². The molecule has 4 nitrogen and oxygen atoms in total. The summed E-state index contributed by atoms with van der Waals surface area (Å²) in [5.74, 6) is -0.962. The van der Waals surface area contributed by atoms with Crippen molar-refractivity contribution in [1.29, 1.82) is 0 Å². The first-order valence-corrected chi connectivity index (χ1v) is 8.19. The second kappa shape index (κ2) is 16.0. The number of hydrogen-bond donors (Lipinski definition) is 1. The Kier molecular flexibility index (Phi) is 15.0. The van der Waals surface area contributed by atoms with E-state index in [0.717, 1.165) is 44.9 Å². The first-order chi connectivity index (χ1) is 10.7. The molecule has 0 aliphatic rings. The summed E-state index contributed by atoms with van der Waals surface area (Å²) in [5, 5.41) is 19.0. The number of rotatable bonds is 14. The second-order valence-electron chi connectivity index (χ2n) is 5.22. The normalized spacial score (nSPS) is 13.5. The van der Waals surface area contributed by atoms with Crippen LogP contribution >= 0.6 is 0 Å². The molecule has 0 aromatic rings. The molecule has 0 fully saturated rings. The third kappa shape index (κ3) is 15.0. The van der Waals surface area contributed by atoms with E-state index in [1.807, 2.05) is 24.3 Å². The minimum atomic E-state index is -0.962. The molecule has 0 saturated heterocycles. The molecular weight excluding hydrogens is 280 g/mol. The zero-order chi connectivity index (χ0) is 16.5. The number of carbonyl (C=O) groups is 1. The fraction of sp³-hybridized carbons (Fsp3) is 0.611. The first kappa shape index (κ1) is 20.6. The molecule has 1 atom stereocenters. The monoisotopic (exact) mass is 309 g/mol. The predicted octanol–water partition coefficient (Wildman–Crippen LogP) is 3.79. The van der Waals surface area contributed by atoms with Crippen LogP contribution in [0.1, 0.15) is 64.7 Å². The van der Waals surface area contributed by atoms with Crippen molar-refractivity contribution < 1.29 is 20.0 Å². The van der Waals surface area contributed by atoms with Crippen LogP contribution in [-0.2, 0) is 9.68 Å². The number of aliphatic carboxylic acids is 1. The molecule has 1 N–H and O–H groups in total. The molecule has 0 unspecified atom stereocenters. The Morgan fingerprint density at radius 3 is 2.41 bits per heavy atom. The van der Waals surface area contributed by atoms with Crippen molar-refractivity contribution in [3.8, 4) is 0 Å². The Labute approximate surface area is 134 Å². The molecule has 0 bridgehead atoms. The van der Waals surface area contributed by atoms with Gasteiger partial charge in [0, 0.05) is 5.97 Å². The van der Waals surface area contributed by atoms with Gasteiger partial charge in [-0.25, -0.2) is 4.89 Å². The van der Waals surface area contributed by atoms with Crippen LogP contribution in [0.5, 0.6) is 0 Å². The Bertz CT molecular complexity index is 345.